The zero-order valence-electron chi connectivity index (χ0n) is 23.0. The lowest BCUT2D eigenvalue weighted by atomic mass is 10.1. The van der Waals surface area contributed by atoms with Crippen LogP contribution in [0.5, 0.6) is 5.75 Å². The molecule has 1 aliphatic heterocycles. The third kappa shape index (κ3) is 5.34. The van der Waals surface area contributed by atoms with Crippen LogP contribution in [0.3, 0.4) is 0 Å². The molecule has 0 spiro atoms. The summed E-state index contributed by atoms with van der Waals surface area (Å²) in [5.74, 6) is 2.02. The van der Waals surface area contributed by atoms with Crippen molar-refractivity contribution in [2.45, 2.75) is 72.6 Å². The van der Waals surface area contributed by atoms with Crippen molar-refractivity contribution in [2.75, 3.05) is 18.4 Å². The maximum absolute atomic E-state index is 14.9. The number of halogens is 1. The van der Waals surface area contributed by atoms with Gasteiger partial charge in [0.25, 0.3) is 0 Å². The van der Waals surface area contributed by atoms with Crippen molar-refractivity contribution in [3.63, 3.8) is 0 Å². The van der Waals surface area contributed by atoms with E-state index in [4.69, 9.17) is 9.72 Å². The lowest BCUT2D eigenvalue weighted by molar-refractivity contribution is 0.0841. The highest BCUT2D eigenvalue weighted by molar-refractivity contribution is 5.85. The van der Waals surface area contributed by atoms with Crippen LogP contribution in [0.15, 0.2) is 36.7 Å². The Kier molecular flexibility index (Phi) is 7.29. The predicted molar refractivity (Wildman–Crippen MR) is 148 cm³/mol. The Hall–Kier alpha value is -3.59. The molecular formula is C29H36FN7O. The smallest absolute Gasteiger partial charge is 0.229 e. The fourth-order valence-electron chi connectivity index (χ4n) is 5.24. The fourth-order valence-corrected chi connectivity index (χ4v) is 5.24. The number of likely N-dealkylation sites (tertiary alicyclic amines) is 1. The minimum Gasteiger partial charge on any atom is -0.489 e. The van der Waals surface area contributed by atoms with Gasteiger partial charge in [0.05, 0.1) is 23.4 Å². The molecule has 200 valence electrons. The quantitative estimate of drug-likeness (QED) is 0.312. The summed E-state index contributed by atoms with van der Waals surface area (Å²) in [5.41, 5.74) is 3.77. The molecule has 1 N–H and O–H groups in total. The lowest BCUT2D eigenvalue weighted by Gasteiger charge is -2.34. The molecule has 3 aromatic heterocycles. The van der Waals surface area contributed by atoms with Gasteiger partial charge < -0.3 is 19.5 Å². The Balaban J connectivity index is 1.33. The highest BCUT2D eigenvalue weighted by Crippen LogP contribution is 2.31. The molecule has 0 radical (unpaired) electrons. The summed E-state index contributed by atoms with van der Waals surface area (Å²) < 4.78 is 23.2. The monoisotopic (exact) mass is 517 g/mol. The Morgan fingerprint density at radius 1 is 0.974 bits per heavy atom. The lowest BCUT2D eigenvalue weighted by Crippen LogP contribution is -2.41. The van der Waals surface area contributed by atoms with Gasteiger partial charge in [-0.2, -0.15) is 0 Å². The SMILES string of the molecule is Cc1cc(-c2nc(Nc3ccc(OC4CCN(C(C)C)CC4)cn3)ncc2F)cc2c1nc(C)n2C(C)C. The standard InChI is InChI=1S/C29H36FN7O/c1-17(2)36-11-9-22(10-12-36)38-23-7-8-26(31-15-23)34-29-32-16-24(30)28(35-29)21-13-19(5)27-25(14-21)37(18(3)4)20(6)33-27/h7-8,13-18,22H,9-12H2,1-6H3,(H,31,32,34,35). The maximum atomic E-state index is 14.9. The van der Waals surface area contributed by atoms with E-state index in [1.807, 2.05) is 38.1 Å². The number of hydrogen-bond acceptors (Lipinski definition) is 7. The van der Waals surface area contributed by atoms with Gasteiger partial charge in [-0.05, 0) is 84.2 Å². The molecule has 4 aromatic rings. The zero-order valence-corrected chi connectivity index (χ0v) is 23.0. The first-order valence-electron chi connectivity index (χ1n) is 13.4. The molecule has 0 amide bonds. The number of fused-ring (bicyclic) bond motifs is 1. The highest BCUT2D eigenvalue weighted by Gasteiger charge is 2.22. The summed E-state index contributed by atoms with van der Waals surface area (Å²) in [6.07, 6.45) is 5.11. The fraction of sp³-hybridized carbons (Fsp3) is 0.448. The van der Waals surface area contributed by atoms with Crippen molar-refractivity contribution in [1.82, 2.24) is 29.4 Å². The number of ether oxygens (including phenoxy) is 1. The average Bonchev–Trinajstić information content (AvgIpc) is 3.23. The molecule has 1 aromatic carbocycles. The Morgan fingerprint density at radius 2 is 1.74 bits per heavy atom. The van der Waals surface area contributed by atoms with E-state index in [0.717, 1.165) is 54.1 Å². The molecule has 4 heterocycles. The third-order valence-corrected chi connectivity index (χ3v) is 7.18. The van der Waals surface area contributed by atoms with Crippen LogP contribution in [0.1, 0.15) is 58.0 Å². The molecular weight excluding hydrogens is 481 g/mol. The molecule has 38 heavy (non-hydrogen) atoms. The Labute approximate surface area is 223 Å². The van der Waals surface area contributed by atoms with E-state index in [2.05, 4.69) is 57.4 Å². The number of rotatable bonds is 7. The first kappa shape index (κ1) is 26.0. The first-order chi connectivity index (χ1) is 18.2. The van der Waals surface area contributed by atoms with Crippen molar-refractivity contribution >= 4 is 22.8 Å². The van der Waals surface area contributed by atoms with Crippen LogP contribution < -0.4 is 10.1 Å². The molecule has 0 saturated carbocycles. The van der Waals surface area contributed by atoms with Crippen LogP contribution in [0.2, 0.25) is 0 Å². The topological polar surface area (TPSA) is 81.0 Å². The summed E-state index contributed by atoms with van der Waals surface area (Å²) in [5, 5.41) is 3.10. The van der Waals surface area contributed by atoms with Crippen LogP contribution in [-0.4, -0.2) is 54.6 Å². The van der Waals surface area contributed by atoms with Gasteiger partial charge >= 0.3 is 0 Å². The van der Waals surface area contributed by atoms with E-state index in [-0.39, 0.29) is 23.8 Å². The van der Waals surface area contributed by atoms with Crippen LogP contribution in [-0.2, 0) is 0 Å². The van der Waals surface area contributed by atoms with Crippen LogP contribution >= 0.6 is 0 Å². The Morgan fingerprint density at radius 3 is 2.39 bits per heavy atom. The number of anilines is 2. The van der Waals surface area contributed by atoms with Gasteiger partial charge in [-0.25, -0.2) is 24.3 Å². The normalized spacial score (nSPS) is 15.1. The number of imidazole rings is 1. The number of hydrogen-bond donors (Lipinski definition) is 1. The average molecular weight is 518 g/mol. The first-order valence-corrected chi connectivity index (χ1v) is 13.4. The number of benzene rings is 1. The van der Waals surface area contributed by atoms with Gasteiger partial charge in [-0.1, -0.05) is 0 Å². The number of piperidine rings is 1. The summed E-state index contributed by atoms with van der Waals surface area (Å²) >= 11 is 0. The second kappa shape index (κ2) is 10.6. The summed E-state index contributed by atoms with van der Waals surface area (Å²) in [6, 6.07) is 8.38. The minimum atomic E-state index is -0.484. The summed E-state index contributed by atoms with van der Waals surface area (Å²) in [4.78, 5) is 20.3. The van der Waals surface area contributed by atoms with E-state index in [9.17, 15) is 4.39 Å². The number of nitrogens with one attached hydrogen (secondary N) is 1. The molecule has 1 fully saturated rings. The van der Waals surface area contributed by atoms with Crippen LogP contribution in [0.25, 0.3) is 22.3 Å². The highest BCUT2D eigenvalue weighted by atomic mass is 19.1. The van der Waals surface area contributed by atoms with Gasteiger partial charge in [-0.15, -0.1) is 0 Å². The second-order valence-electron chi connectivity index (χ2n) is 10.6. The van der Waals surface area contributed by atoms with E-state index in [1.165, 1.54) is 6.20 Å². The molecule has 5 rings (SSSR count). The van der Waals surface area contributed by atoms with Crippen LogP contribution in [0.4, 0.5) is 16.2 Å². The van der Waals surface area contributed by atoms with Gasteiger partial charge in [0.2, 0.25) is 5.95 Å². The molecule has 8 nitrogen and oxygen atoms in total. The Bertz CT molecular complexity index is 1420. The van der Waals surface area contributed by atoms with Crippen molar-refractivity contribution in [3.05, 3.63) is 53.9 Å². The molecule has 0 aliphatic carbocycles. The largest absolute Gasteiger partial charge is 0.489 e. The van der Waals surface area contributed by atoms with Gasteiger partial charge in [0.1, 0.15) is 29.2 Å². The number of pyridine rings is 1. The zero-order chi connectivity index (χ0) is 27.0. The number of aromatic nitrogens is 5. The van der Waals surface area contributed by atoms with Gasteiger partial charge in [0, 0.05) is 30.7 Å². The molecule has 0 atom stereocenters. The van der Waals surface area contributed by atoms with Gasteiger partial charge in [0.15, 0.2) is 5.82 Å². The van der Waals surface area contributed by atoms with Crippen molar-refractivity contribution in [3.8, 4) is 17.0 Å². The van der Waals surface area contributed by atoms with E-state index < -0.39 is 5.82 Å². The molecule has 1 aliphatic rings. The number of aryl methyl sites for hydroxylation is 2. The van der Waals surface area contributed by atoms with E-state index in [1.54, 1.807) is 6.20 Å². The van der Waals surface area contributed by atoms with E-state index >= 15 is 0 Å². The molecule has 1 saturated heterocycles. The summed E-state index contributed by atoms with van der Waals surface area (Å²) in [7, 11) is 0. The molecule has 0 bridgehead atoms. The maximum Gasteiger partial charge on any atom is 0.229 e. The van der Waals surface area contributed by atoms with E-state index in [0.29, 0.717) is 17.4 Å². The second-order valence-corrected chi connectivity index (χ2v) is 10.6. The van der Waals surface area contributed by atoms with Gasteiger partial charge in [-0.3, -0.25) is 0 Å². The van der Waals surface area contributed by atoms with Crippen molar-refractivity contribution in [1.29, 1.82) is 0 Å². The molecule has 9 heteroatoms. The van der Waals surface area contributed by atoms with Crippen molar-refractivity contribution in [2.24, 2.45) is 0 Å². The third-order valence-electron chi connectivity index (χ3n) is 7.18. The van der Waals surface area contributed by atoms with Crippen LogP contribution in [0, 0.1) is 19.7 Å². The van der Waals surface area contributed by atoms with Crippen molar-refractivity contribution < 1.29 is 9.13 Å². The number of nitrogens with zero attached hydrogens (tertiary/aromatic N) is 6. The molecule has 0 unspecified atom stereocenters. The minimum absolute atomic E-state index is 0.199. The predicted octanol–water partition coefficient (Wildman–Crippen LogP) is 6.22. The summed E-state index contributed by atoms with van der Waals surface area (Å²) in [6.45, 7) is 14.8.